The molecule has 1 N–H and O–H groups in total. The molecule has 0 unspecified atom stereocenters. The van der Waals surface area contributed by atoms with Crippen molar-refractivity contribution < 1.29 is 14.4 Å². The summed E-state index contributed by atoms with van der Waals surface area (Å²) in [5, 5.41) is 2.86. The van der Waals surface area contributed by atoms with Gasteiger partial charge < -0.3 is 10.2 Å². The van der Waals surface area contributed by atoms with Crippen LogP contribution < -0.4 is 10.2 Å². The van der Waals surface area contributed by atoms with Crippen LogP contribution in [0.2, 0.25) is 0 Å². The van der Waals surface area contributed by atoms with E-state index in [1.807, 2.05) is 37.4 Å². The summed E-state index contributed by atoms with van der Waals surface area (Å²) in [5.74, 6) is -0.949. The molecule has 0 atom stereocenters. The smallest absolute Gasteiger partial charge is 0.261 e. The lowest BCUT2D eigenvalue weighted by Crippen LogP contribution is -2.28. The fourth-order valence-corrected chi connectivity index (χ4v) is 2.93. The molecular formula is C20H21N3O3. The van der Waals surface area contributed by atoms with Gasteiger partial charge >= 0.3 is 0 Å². The highest BCUT2D eigenvalue weighted by Gasteiger charge is 2.33. The second-order valence-corrected chi connectivity index (χ2v) is 6.30. The van der Waals surface area contributed by atoms with E-state index in [1.165, 1.54) is 19.2 Å². The predicted octanol–water partition coefficient (Wildman–Crippen LogP) is 2.17. The molecule has 0 fully saturated rings. The van der Waals surface area contributed by atoms with Gasteiger partial charge in [0, 0.05) is 38.4 Å². The van der Waals surface area contributed by atoms with Crippen LogP contribution in [0.3, 0.4) is 0 Å². The zero-order valence-corrected chi connectivity index (χ0v) is 14.9. The number of imide groups is 1. The van der Waals surface area contributed by atoms with Crippen molar-refractivity contribution in [2.75, 3.05) is 32.1 Å². The van der Waals surface area contributed by atoms with Gasteiger partial charge in [0.05, 0.1) is 11.1 Å². The molecule has 1 aliphatic heterocycles. The lowest BCUT2D eigenvalue weighted by Gasteiger charge is -2.19. The summed E-state index contributed by atoms with van der Waals surface area (Å²) in [6.07, 6.45) is 0.794. The highest BCUT2D eigenvalue weighted by atomic mass is 16.2. The SMILES string of the molecule is CN1C(=O)c2ccc(C(=O)NCCCN(C)c3ccccc3)cc2C1=O. The zero-order valence-electron chi connectivity index (χ0n) is 14.9. The Morgan fingerprint density at radius 2 is 1.73 bits per heavy atom. The van der Waals surface area contributed by atoms with Crippen LogP contribution in [0.25, 0.3) is 0 Å². The van der Waals surface area contributed by atoms with E-state index in [0.29, 0.717) is 17.7 Å². The molecule has 6 heteroatoms. The maximum atomic E-state index is 12.3. The quantitative estimate of drug-likeness (QED) is 0.640. The van der Waals surface area contributed by atoms with Gasteiger partial charge in [0.2, 0.25) is 0 Å². The minimum absolute atomic E-state index is 0.245. The molecule has 1 heterocycles. The molecule has 0 radical (unpaired) electrons. The highest BCUT2D eigenvalue weighted by molar-refractivity contribution is 6.21. The first-order chi connectivity index (χ1) is 12.5. The van der Waals surface area contributed by atoms with Crippen LogP contribution in [-0.2, 0) is 0 Å². The second kappa shape index (κ2) is 7.39. The van der Waals surface area contributed by atoms with E-state index < -0.39 is 0 Å². The Labute approximate surface area is 152 Å². The Morgan fingerprint density at radius 1 is 1.04 bits per heavy atom. The number of carbonyl (C=O) groups excluding carboxylic acids is 3. The summed E-state index contributed by atoms with van der Waals surface area (Å²) in [5.41, 5.74) is 2.15. The summed E-state index contributed by atoms with van der Waals surface area (Å²) < 4.78 is 0. The van der Waals surface area contributed by atoms with Crippen molar-refractivity contribution >= 4 is 23.4 Å². The number of anilines is 1. The van der Waals surface area contributed by atoms with Crippen molar-refractivity contribution in [2.24, 2.45) is 0 Å². The van der Waals surface area contributed by atoms with Gasteiger partial charge in [-0.2, -0.15) is 0 Å². The molecule has 3 rings (SSSR count). The van der Waals surface area contributed by atoms with Gasteiger partial charge in [-0.25, -0.2) is 0 Å². The first-order valence-corrected chi connectivity index (χ1v) is 8.50. The third-order valence-electron chi connectivity index (χ3n) is 4.50. The maximum absolute atomic E-state index is 12.3. The standard InChI is InChI=1S/C20H21N3O3/c1-22(15-7-4-3-5-8-15)12-6-11-21-18(24)14-9-10-16-17(13-14)20(26)23(2)19(16)25/h3-5,7-10,13H,6,11-12H2,1-2H3,(H,21,24). The van der Waals surface area contributed by atoms with Crippen LogP contribution in [0.4, 0.5) is 5.69 Å². The minimum Gasteiger partial charge on any atom is -0.375 e. The van der Waals surface area contributed by atoms with E-state index in [9.17, 15) is 14.4 Å². The fourth-order valence-electron chi connectivity index (χ4n) is 2.93. The molecule has 26 heavy (non-hydrogen) atoms. The fraction of sp³-hybridized carbons (Fsp3) is 0.250. The molecule has 0 aliphatic carbocycles. The zero-order chi connectivity index (χ0) is 18.7. The van der Waals surface area contributed by atoms with Crippen LogP contribution in [0, 0.1) is 0 Å². The number of nitrogens with one attached hydrogen (secondary N) is 1. The van der Waals surface area contributed by atoms with Crippen molar-refractivity contribution in [3.63, 3.8) is 0 Å². The van der Waals surface area contributed by atoms with E-state index in [4.69, 9.17) is 0 Å². The predicted molar refractivity (Wildman–Crippen MR) is 99.5 cm³/mol. The van der Waals surface area contributed by atoms with Crippen LogP contribution in [0.5, 0.6) is 0 Å². The molecule has 0 aromatic heterocycles. The summed E-state index contributed by atoms with van der Waals surface area (Å²) in [7, 11) is 3.45. The molecular weight excluding hydrogens is 330 g/mol. The number of rotatable bonds is 6. The number of amides is 3. The van der Waals surface area contributed by atoms with Gasteiger partial charge in [-0.1, -0.05) is 18.2 Å². The number of fused-ring (bicyclic) bond motifs is 1. The average Bonchev–Trinajstić information content (AvgIpc) is 2.89. The molecule has 0 spiro atoms. The first-order valence-electron chi connectivity index (χ1n) is 8.50. The van der Waals surface area contributed by atoms with Gasteiger partial charge in [0.25, 0.3) is 17.7 Å². The van der Waals surface area contributed by atoms with Crippen LogP contribution >= 0.6 is 0 Å². The lowest BCUT2D eigenvalue weighted by atomic mass is 10.1. The van der Waals surface area contributed by atoms with Gasteiger partial charge in [0.15, 0.2) is 0 Å². The highest BCUT2D eigenvalue weighted by Crippen LogP contribution is 2.22. The Morgan fingerprint density at radius 3 is 2.46 bits per heavy atom. The number of nitrogens with zero attached hydrogens (tertiary/aromatic N) is 2. The van der Waals surface area contributed by atoms with Crippen LogP contribution in [0.1, 0.15) is 37.5 Å². The van der Waals surface area contributed by atoms with E-state index >= 15 is 0 Å². The summed E-state index contributed by atoms with van der Waals surface area (Å²) in [6.45, 7) is 1.34. The molecule has 0 saturated carbocycles. The van der Waals surface area contributed by atoms with Gasteiger partial charge in [0.1, 0.15) is 0 Å². The average molecular weight is 351 g/mol. The van der Waals surface area contributed by atoms with Crippen molar-refractivity contribution in [1.82, 2.24) is 10.2 Å². The first kappa shape index (κ1) is 17.7. The molecule has 1 aliphatic rings. The number of carbonyl (C=O) groups is 3. The Bertz CT molecular complexity index is 849. The third-order valence-corrected chi connectivity index (χ3v) is 4.50. The molecule has 0 bridgehead atoms. The molecule has 3 amide bonds. The van der Waals surface area contributed by atoms with Crippen molar-refractivity contribution in [3.05, 3.63) is 65.2 Å². The molecule has 2 aromatic carbocycles. The molecule has 6 nitrogen and oxygen atoms in total. The van der Waals surface area contributed by atoms with Gasteiger partial charge in [-0.3, -0.25) is 19.3 Å². The van der Waals surface area contributed by atoms with Crippen LogP contribution in [-0.4, -0.2) is 49.8 Å². The minimum atomic E-state index is -0.371. The maximum Gasteiger partial charge on any atom is 0.261 e. The molecule has 134 valence electrons. The van der Waals surface area contributed by atoms with E-state index in [2.05, 4.69) is 10.2 Å². The lowest BCUT2D eigenvalue weighted by molar-refractivity contribution is 0.0693. The summed E-state index contributed by atoms with van der Waals surface area (Å²) in [6, 6.07) is 14.6. The topological polar surface area (TPSA) is 69.7 Å². The van der Waals surface area contributed by atoms with Gasteiger partial charge in [-0.05, 0) is 36.8 Å². The summed E-state index contributed by atoms with van der Waals surface area (Å²) >= 11 is 0. The Balaban J connectivity index is 1.53. The monoisotopic (exact) mass is 351 g/mol. The van der Waals surface area contributed by atoms with Crippen LogP contribution in [0.15, 0.2) is 48.5 Å². The normalized spacial score (nSPS) is 12.9. The number of benzene rings is 2. The number of hydrogen-bond acceptors (Lipinski definition) is 4. The molecule has 0 saturated heterocycles. The number of para-hydroxylation sites is 1. The number of hydrogen-bond donors (Lipinski definition) is 1. The van der Waals surface area contributed by atoms with Crippen molar-refractivity contribution in [2.45, 2.75) is 6.42 Å². The van der Waals surface area contributed by atoms with Crippen molar-refractivity contribution in [3.8, 4) is 0 Å². The second-order valence-electron chi connectivity index (χ2n) is 6.30. The molecule has 2 aromatic rings. The Kier molecular flexibility index (Phi) is 5.02. The third kappa shape index (κ3) is 3.44. The van der Waals surface area contributed by atoms with E-state index in [0.717, 1.165) is 23.6 Å². The summed E-state index contributed by atoms with van der Waals surface area (Å²) in [4.78, 5) is 39.4. The largest absolute Gasteiger partial charge is 0.375 e. The van der Waals surface area contributed by atoms with Crippen molar-refractivity contribution in [1.29, 1.82) is 0 Å². The van der Waals surface area contributed by atoms with E-state index in [-0.39, 0.29) is 23.3 Å². The van der Waals surface area contributed by atoms with E-state index in [1.54, 1.807) is 6.07 Å². The Hall–Kier alpha value is -3.15. The van der Waals surface area contributed by atoms with Gasteiger partial charge in [-0.15, -0.1) is 0 Å².